The average molecular weight is 525 g/mol. The minimum atomic E-state index is -2.60. The van der Waals surface area contributed by atoms with Crippen molar-refractivity contribution in [3.05, 3.63) is 51.6 Å². The van der Waals surface area contributed by atoms with Gasteiger partial charge in [-0.2, -0.15) is 4.98 Å². The van der Waals surface area contributed by atoms with Crippen LogP contribution in [0.25, 0.3) is 5.76 Å². The second-order valence-electron chi connectivity index (χ2n) is 10.2. The number of phenolic OH excluding ortho intramolecular Hbond substituents is 1. The molecule has 5 rings (SSSR count). The molecular weight excluding hydrogens is 496 g/mol. The summed E-state index contributed by atoms with van der Waals surface area (Å²) in [6.45, 7) is 1.84. The van der Waals surface area contributed by atoms with Crippen LogP contribution in [0.5, 0.6) is 5.75 Å². The third-order valence-corrected chi connectivity index (χ3v) is 7.65. The van der Waals surface area contributed by atoms with Gasteiger partial charge >= 0.3 is 0 Å². The van der Waals surface area contributed by atoms with Crippen molar-refractivity contribution in [2.24, 2.45) is 17.6 Å². The lowest BCUT2D eigenvalue weighted by atomic mass is 9.59. The maximum Gasteiger partial charge on any atom is 0.294 e. The Labute approximate surface area is 217 Å². The first-order chi connectivity index (χ1) is 17.9. The van der Waals surface area contributed by atoms with Crippen LogP contribution in [0.4, 0.5) is 11.7 Å². The van der Waals surface area contributed by atoms with E-state index in [1.54, 1.807) is 27.1 Å². The van der Waals surface area contributed by atoms with Gasteiger partial charge in [0.25, 0.3) is 11.9 Å². The van der Waals surface area contributed by atoms with Crippen molar-refractivity contribution >= 4 is 34.9 Å². The molecule has 12 heteroatoms. The number of Topliss-reactive ketones (excluding diaryl/α,β-unsaturated/α-hetero) is 2. The van der Waals surface area contributed by atoms with E-state index in [0.717, 1.165) is 0 Å². The number of ketones is 2. The number of aryl methyl sites for hydroxylation is 1. The molecule has 1 amide bonds. The second kappa shape index (κ2) is 8.62. The number of aromatic nitrogens is 1. The molecule has 0 spiro atoms. The molecule has 0 radical (unpaired) electrons. The molecule has 0 saturated heterocycles. The molecule has 0 bridgehead atoms. The highest BCUT2D eigenvalue weighted by molar-refractivity contribution is 6.22. The molecule has 0 unspecified atom stereocenters. The number of oxazole rings is 1. The SMILES string of the molecule is Cc1coc(NCc2cc(N(C)C)c3c(c2O)C(O)=C2C(=O)[C@]4(O)C(O)=C(C(N)=O)C(=O)C[C@@H]4C[C@@H]2C3)n1. The number of nitrogens with zero attached hydrogens (tertiary/aromatic N) is 2. The Balaban J connectivity index is 1.64. The number of fused-ring (bicyclic) bond motifs is 3. The van der Waals surface area contributed by atoms with Gasteiger partial charge in [-0.1, -0.05) is 0 Å². The van der Waals surface area contributed by atoms with Crippen molar-refractivity contribution in [3.63, 3.8) is 0 Å². The predicted molar refractivity (Wildman–Crippen MR) is 134 cm³/mol. The molecule has 12 nitrogen and oxygen atoms in total. The van der Waals surface area contributed by atoms with Crippen LogP contribution in [0.2, 0.25) is 0 Å². The minimum absolute atomic E-state index is 0.0312. The number of benzene rings is 1. The van der Waals surface area contributed by atoms with E-state index in [1.807, 2.05) is 4.90 Å². The summed E-state index contributed by atoms with van der Waals surface area (Å²) in [5.74, 6) is -6.57. The number of aliphatic hydroxyl groups is 3. The lowest BCUT2D eigenvalue weighted by molar-refractivity contribution is -0.147. The Morgan fingerprint density at radius 2 is 1.97 bits per heavy atom. The molecule has 1 saturated carbocycles. The van der Waals surface area contributed by atoms with E-state index >= 15 is 0 Å². The number of phenols is 1. The Hall–Kier alpha value is -4.32. The van der Waals surface area contributed by atoms with E-state index in [9.17, 15) is 34.8 Å². The molecule has 3 atom stereocenters. The fourth-order valence-corrected chi connectivity index (χ4v) is 5.86. The van der Waals surface area contributed by atoms with Crippen LogP contribution in [0.3, 0.4) is 0 Å². The fourth-order valence-electron chi connectivity index (χ4n) is 5.86. The summed E-state index contributed by atoms with van der Waals surface area (Å²) in [6.07, 6.45) is 1.40. The topological polar surface area (TPSA) is 199 Å². The highest BCUT2D eigenvalue weighted by Gasteiger charge is 2.60. The van der Waals surface area contributed by atoms with E-state index < -0.39 is 52.0 Å². The molecule has 1 aromatic carbocycles. The van der Waals surface area contributed by atoms with Gasteiger partial charge in [0.1, 0.15) is 29.1 Å². The summed E-state index contributed by atoms with van der Waals surface area (Å²) in [4.78, 5) is 44.0. The molecule has 0 aliphatic heterocycles. The molecule has 3 aliphatic rings. The first-order valence-electron chi connectivity index (χ1n) is 12.0. The van der Waals surface area contributed by atoms with Crippen LogP contribution in [0.1, 0.15) is 35.2 Å². The molecule has 38 heavy (non-hydrogen) atoms. The van der Waals surface area contributed by atoms with E-state index in [2.05, 4.69) is 10.3 Å². The van der Waals surface area contributed by atoms with Gasteiger partial charge in [0, 0.05) is 49.8 Å². The summed E-state index contributed by atoms with van der Waals surface area (Å²) < 4.78 is 5.30. The smallest absolute Gasteiger partial charge is 0.294 e. The zero-order valence-corrected chi connectivity index (χ0v) is 21.0. The van der Waals surface area contributed by atoms with Gasteiger partial charge in [0.2, 0.25) is 5.78 Å². The molecule has 1 aromatic heterocycles. The maximum atomic E-state index is 13.7. The van der Waals surface area contributed by atoms with Crippen molar-refractivity contribution in [1.29, 1.82) is 0 Å². The Morgan fingerprint density at radius 3 is 2.58 bits per heavy atom. The number of aromatic hydroxyl groups is 1. The number of primary amides is 1. The number of anilines is 2. The van der Waals surface area contributed by atoms with Gasteiger partial charge in [0.05, 0.1) is 11.3 Å². The third-order valence-electron chi connectivity index (χ3n) is 7.65. The molecule has 7 N–H and O–H groups in total. The number of aliphatic hydroxyl groups excluding tert-OH is 2. The van der Waals surface area contributed by atoms with E-state index in [0.29, 0.717) is 22.5 Å². The summed E-state index contributed by atoms with van der Waals surface area (Å²) in [6, 6.07) is 2.00. The standard InChI is InChI=1S/C26H28N4O8/c1-10-9-38-25(29-10)28-8-12-6-15(30(2)3)14-5-11-4-13-7-16(31)19(24(27)36)23(35)26(13,37)22(34)17(11)21(33)18(14)20(12)32/h6,9,11,13,32-33,35,37H,4-5,7-8H2,1-3H3,(H2,27,36)(H,28,29)/t11-,13+,26+/m1/s1. The summed E-state index contributed by atoms with van der Waals surface area (Å²) in [5.41, 5.74) is 3.99. The zero-order valence-electron chi connectivity index (χ0n) is 21.0. The first-order valence-corrected chi connectivity index (χ1v) is 12.0. The normalized spacial score (nSPS) is 24.6. The fraction of sp³-hybridized carbons (Fsp3) is 0.385. The Bertz CT molecular complexity index is 1470. The van der Waals surface area contributed by atoms with E-state index in [1.165, 1.54) is 6.26 Å². The minimum Gasteiger partial charge on any atom is -0.508 e. The molecule has 1 fully saturated rings. The van der Waals surface area contributed by atoms with E-state index in [-0.39, 0.29) is 48.7 Å². The van der Waals surface area contributed by atoms with Crippen LogP contribution in [-0.4, -0.2) is 62.6 Å². The number of nitrogens with one attached hydrogen (secondary N) is 1. The number of hydrogen-bond donors (Lipinski definition) is 6. The van der Waals surface area contributed by atoms with Crippen LogP contribution in [0, 0.1) is 18.8 Å². The van der Waals surface area contributed by atoms with Gasteiger partial charge in [0.15, 0.2) is 11.4 Å². The van der Waals surface area contributed by atoms with Crippen LogP contribution in [-0.2, 0) is 27.3 Å². The number of hydrogen-bond acceptors (Lipinski definition) is 11. The van der Waals surface area contributed by atoms with E-state index in [4.69, 9.17) is 10.2 Å². The van der Waals surface area contributed by atoms with Crippen molar-refractivity contribution in [3.8, 4) is 5.75 Å². The van der Waals surface area contributed by atoms with Crippen molar-refractivity contribution in [2.45, 2.75) is 38.3 Å². The number of carbonyl (C=O) groups is 3. The lowest BCUT2D eigenvalue weighted by Crippen LogP contribution is -2.58. The number of amides is 1. The lowest BCUT2D eigenvalue weighted by Gasteiger charge is -2.46. The van der Waals surface area contributed by atoms with Gasteiger partial charge in [-0.05, 0) is 37.3 Å². The van der Waals surface area contributed by atoms with Gasteiger partial charge in [-0.15, -0.1) is 0 Å². The molecular formula is C26H28N4O8. The van der Waals surface area contributed by atoms with Gasteiger partial charge in [-0.3, -0.25) is 14.4 Å². The summed E-state index contributed by atoms with van der Waals surface area (Å²) in [7, 11) is 3.60. The monoisotopic (exact) mass is 524 g/mol. The molecule has 2 aromatic rings. The summed E-state index contributed by atoms with van der Waals surface area (Å²) in [5, 5.41) is 47.7. The highest BCUT2D eigenvalue weighted by Crippen LogP contribution is 2.53. The predicted octanol–water partition coefficient (Wildman–Crippen LogP) is 1.40. The Morgan fingerprint density at radius 1 is 1.26 bits per heavy atom. The van der Waals surface area contributed by atoms with Crippen molar-refractivity contribution < 1.29 is 39.2 Å². The second-order valence-corrected chi connectivity index (χ2v) is 10.2. The van der Waals surface area contributed by atoms with Crippen LogP contribution < -0.4 is 16.0 Å². The number of carbonyl (C=O) groups excluding carboxylic acids is 3. The highest BCUT2D eigenvalue weighted by atomic mass is 16.4. The number of nitrogens with two attached hydrogens (primary N) is 1. The van der Waals surface area contributed by atoms with Crippen LogP contribution >= 0.6 is 0 Å². The summed E-state index contributed by atoms with van der Waals surface area (Å²) >= 11 is 0. The molecule has 1 heterocycles. The quantitative estimate of drug-likeness (QED) is 0.309. The van der Waals surface area contributed by atoms with Gasteiger partial charge < -0.3 is 40.8 Å². The Kier molecular flexibility index (Phi) is 5.75. The van der Waals surface area contributed by atoms with Crippen molar-refractivity contribution in [2.75, 3.05) is 24.3 Å². The average Bonchev–Trinajstić information content (AvgIpc) is 3.25. The van der Waals surface area contributed by atoms with Crippen molar-refractivity contribution in [1.82, 2.24) is 4.98 Å². The first kappa shape index (κ1) is 25.3. The molecule has 3 aliphatic carbocycles. The van der Waals surface area contributed by atoms with Gasteiger partial charge in [-0.25, -0.2) is 0 Å². The number of rotatable bonds is 5. The van der Waals surface area contributed by atoms with Crippen LogP contribution in [0.15, 0.2) is 33.7 Å². The largest absolute Gasteiger partial charge is 0.508 e. The third kappa shape index (κ3) is 3.55. The maximum absolute atomic E-state index is 13.7. The zero-order chi connectivity index (χ0) is 27.7. The molecule has 200 valence electrons.